The number of amides is 1. The van der Waals surface area contributed by atoms with Crippen LogP contribution in [-0.4, -0.2) is 79.2 Å². The molecule has 2 fully saturated rings. The van der Waals surface area contributed by atoms with E-state index in [1.165, 1.54) is 36.1 Å². The minimum Gasteiger partial charge on any atom is -0.387 e. The zero-order chi connectivity index (χ0) is 22.0. The molecule has 0 aromatic carbocycles. The third-order valence-corrected chi connectivity index (χ3v) is 5.18. The van der Waals surface area contributed by atoms with Crippen molar-refractivity contribution in [3.63, 3.8) is 0 Å². The van der Waals surface area contributed by atoms with E-state index in [2.05, 4.69) is 25.6 Å². The number of carbonyl (C=O) groups is 1. The minimum absolute atomic E-state index is 0.0292. The Balaban J connectivity index is 1.46. The van der Waals surface area contributed by atoms with Crippen LogP contribution in [-0.2, 0) is 14.3 Å². The highest BCUT2D eigenvalue weighted by atomic mass is 16.6. The normalized spacial score (nSPS) is 26.4. The number of aliphatic hydroxyl groups is 2. The number of aliphatic hydroxyl groups excluding tert-OH is 2. The summed E-state index contributed by atoms with van der Waals surface area (Å²) in [4.78, 5) is 24.8. The standard InChI is InChI=1S/C20H28N6O5/c1-11(2)30-8-13-16(28)17(29)20(31-13)26-10-24-15-18(22-9-23-19(15)26)25-14(27)4-3-7-21-12-5-6-12/h3-4,9-13,16-17,20-21,28-29H,5-8H2,1-2H3,(H,22,23,25,27)/b4-3+/t13-,16-,17-,20-/m1/s1. The van der Waals surface area contributed by atoms with Gasteiger partial charge in [0.1, 0.15) is 24.6 Å². The molecular formula is C20H28N6O5. The van der Waals surface area contributed by atoms with Gasteiger partial charge in [0.2, 0.25) is 5.91 Å². The fraction of sp³-hybridized carbons (Fsp3) is 0.600. The van der Waals surface area contributed by atoms with E-state index >= 15 is 0 Å². The van der Waals surface area contributed by atoms with Crippen molar-refractivity contribution in [2.24, 2.45) is 0 Å². The fourth-order valence-corrected chi connectivity index (χ4v) is 3.36. The van der Waals surface area contributed by atoms with Crippen molar-refractivity contribution in [3.05, 3.63) is 24.8 Å². The molecule has 0 unspecified atom stereocenters. The highest BCUT2D eigenvalue weighted by molar-refractivity contribution is 6.02. The van der Waals surface area contributed by atoms with Crippen molar-refractivity contribution in [2.45, 2.75) is 63.4 Å². The minimum atomic E-state index is -1.19. The lowest BCUT2D eigenvalue weighted by Gasteiger charge is -2.17. The molecule has 1 saturated carbocycles. The van der Waals surface area contributed by atoms with Crippen LogP contribution >= 0.6 is 0 Å². The van der Waals surface area contributed by atoms with Gasteiger partial charge in [0.25, 0.3) is 0 Å². The lowest BCUT2D eigenvalue weighted by Crippen LogP contribution is -2.34. The van der Waals surface area contributed by atoms with Crippen LogP contribution in [0.2, 0.25) is 0 Å². The van der Waals surface area contributed by atoms with Gasteiger partial charge in [-0.15, -0.1) is 0 Å². The van der Waals surface area contributed by atoms with Gasteiger partial charge in [-0.2, -0.15) is 0 Å². The number of nitrogens with zero attached hydrogens (tertiary/aromatic N) is 4. The Morgan fingerprint density at radius 1 is 1.32 bits per heavy atom. The van der Waals surface area contributed by atoms with E-state index in [9.17, 15) is 15.0 Å². The molecule has 31 heavy (non-hydrogen) atoms. The Bertz CT molecular complexity index is 943. The zero-order valence-corrected chi connectivity index (χ0v) is 17.5. The largest absolute Gasteiger partial charge is 0.387 e. The van der Waals surface area contributed by atoms with Crippen molar-refractivity contribution in [1.29, 1.82) is 0 Å². The number of nitrogens with one attached hydrogen (secondary N) is 2. The second-order valence-electron chi connectivity index (χ2n) is 8.05. The predicted octanol–water partition coefficient (Wildman–Crippen LogP) is 0.117. The molecule has 4 rings (SSSR count). The van der Waals surface area contributed by atoms with Gasteiger partial charge >= 0.3 is 0 Å². The monoisotopic (exact) mass is 432 g/mol. The van der Waals surface area contributed by atoms with E-state index in [1.807, 2.05) is 13.8 Å². The molecule has 1 aliphatic heterocycles. The third-order valence-electron chi connectivity index (χ3n) is 5.18. The first-order valence-corrected chi connectivity index (χ1v) is 10.5. The summed E-state index contributed by atoms with van der Waals surface area (Å²) in [6.45, 7) is 4.54. The smallest absolute Gasteiger partial charge is 0.249 e. The molecule has 1 amide bonds. The van der Waals surface area contributed by atoms with Crippen LogP contribution in [0.1, 0.15) is 32.9 Å². The SMILES string of the molecule is CC(C)OC[C@H]1O[C@@H](n2cnc3c(NC(=O)/C=C/CNC4CC4)ncnc32)[C@H](O)[C@@H]1O. The molecule has 11 nitrogen and oxygen atoms in total. The van der Waals surface area contributed by atoms with E-state index in [4.69, 9.17) is 9.47 Å². The molecule has 3 heterocycles. The molecular weight excluding hydrogens is 404 g/mol. The fourth-order valence-electron chi connectivity index (χ4n) is 3.36. The van der Waals surface area contributed by atoms with Gasteiger partial charge in [0.05, 0.1) is 19.0 Å². The van der Waals surface area contributed by atoms with Gasteiger partial charge in [0, 0.05) is 18.7 Å². The van der Waals surface area contributed by atoms with Gasteiger partial charge in [-0.1, -0.05) is 6.08 Å². The van der Waals surface area contributed by atoms with Gasteiger partial charge in [-0.05, 0) is 26.7 Å². The number of aromatic nitrogens is 4. The summed E-state index contributed by atoms with van der Waals surface area (Å²) < 4.78 is 12.9. The van der Waals surface area contributed by atoms with Gasteiger partial charge < -0.3 is 30.3 Å². The number of carbonyl (C=O) groups excluding carboxylic acids is 1. The van der Waals surface area contributed by atoms with Crippen molar-refractivity contribution in [2.75, 3.05) is 18.5 Å². The average Bonchev–Trinajstić information content (AvgIpc) is 3.40. The predicted molar refractivity (Wildman–Crippen MR) is 111 cm³/mol. The molecule has 2 aliphatic rings. The molecule has 1 aliphatic carbocycles. The van der Waals surface area contributed by atoms with Crippen LogP contribution in [0.5, 0.6) is 0 Å². The molecule has 0 bridgehead atoms. The maximum Gasteiger partial charge on any atom is 0.249 e. The van der Waals surface area contributed by atoms with Crippen molar-refractivity contribution < 1.29 is 24.5 Å². The molecule has 11 heteroatoms. The van der Waals surface area contributed by atoms with Crippen LogP contribution in [0.25, 0.3) is 11.2 Å². The third kappa shape index (κ3) is 5.08. The molecule has 4 N–H and O–H groups in total. The Kier molecular flexibility index (Phi) is 6.58. The van der Waals surface area contributed by atoms with Gasteiger partial charge in [0.15, 0.2) is 23.2 Å². The van der Waals surface area contributed by atoms with Crippen LogP contribution in [0.15, 0.2) is 24.8 Å². The summed E-state index contributed by atoms with van der Waals surface area (Å²) in [6.07, 6.45) is 4.40. The Hall–Kier alpha value is -2.44. The molecule has 1 saturated heterocycles. The summed E-state index contributed by atoms with van der Waals surface area (Å²) in [7, 11) is 0. The first kappa shape index (κ1) is 21.8. The van der Waals surface area contributed by atoms with Crippen LogP contribution in [0.3, 0.4) is 0 Å². The maximum absolute atomic E-state index is 12.2. The average molecular weight is 432 g/mol. The Morgan fingerprint density at radius 3 is 2.87 bits per heavy atom. The number of hydrogen-bond acceptors (Lipinski definition) is 9. The van der Waals surface area contributed by atoms with Crippen LogP contribution in [0, 0.1) is 0 Å². The van der Waals surface area contributed by atoms with Crippen LogP contribution in [0.4, 0.5) is 5.82 Å². The highest BCUT2D eigenvalue weighted by Gasteiger charge is 2.44. The summed E-state index contributed by atoms with van der Waals surface area (Å²) in [6, 6.07) is 0.571. The number of rotatable bonds is 9. The number of hydrogen-bond donors (Lipinski definition) is 4. The quantitative estimate of drug-likeness (QED) is 0.406. The Morgan fingerprint density at radius 2 is 2.13 bits per heavy atom. The number of anilines is 1. The molecule has 4 atom stereocenters. The van der Waals surface area contributed by atoms with E-state index < -0.39 is 24.5 Å². The molecule has 0 spiro atoms. The highest BCUT2D eigenvalue weighted by Crippen LogP contribution is 2.32. The van der Waals surface area contributed by atoms with E-state index in [1.54, 1.807) is 6.08 Å². The van der Waals surface area contributed by atoms with Crippen molar-refractivity contribution in [1.82, 2.24) is 24.8 Å². The summed E-state index contributed by atoms with van der Waals surface area (Å²) in [5.41, 5.74) is 0.721. The topological polar surface area (TPSA) is 144 Å². The van der Waals surface area contributed by atoms with E-state index in [0.717, 1.165) is 0 Å². The zero-order valence-electron chi connectivity index (χ0n) is 17.5. The van der Waals surface area contributed by atoms with Gasteiger partial charge in [-0.25, -0.2) is 15.0 Å². The van der Waals surface area contributed by atoms with E-state index in [0.29, 0.717) is 23.8 Å². The summed E-state index contributed by atoms with van der Waals surface area (Å²) >= 11 is 0. The van der Waals surface area contributed by atoms with Crippen LogP contribution < -0.4 is 10.6 Å². The van der Waals surface area contributed by atoms with Crippen molar-refractivity contribution in [3.8, 4) is 0 Å². The molecule has 2 aromatic rings. The Labute approximate surface area is 179 Å². The van der Waals surface area contributed by atoms with Gasteiger partial charge in [-0.3, -0.25) is 9.36 Å². The number of imidazole rings is 1. The second kappa shape index (κ2) is 9.37. The number of fused-ring (bicyclic) bond motifs is 1. The lowest BCUT2D eigenvalue weighted by atomic mass is 10.1. The first-order valence-electron chi connectivity index (χ1n) is 10.5. The summed E-state index contributed by atoms with van der Waals surface area (Å²) in [5.74, 6) is -0.0769. The maximum atomic E-state index is 12.2. The molecule has 168 valence electrons. The molecule has 0 radical (unpaired) electrons. The lowest BCUT2D eigenvalue weighted by molar-refractivity contribution is -0.111. The van der Waals surface area contributed by atoms with E-state index in [-0.39, 0.29) is 24.4 Å². The first-order chi connectivity index (χ1) is 14.9. The van der Waals surface area contributed by atoms with Crippen molar-refractivity contribution >= 4 is 22.9 Å². The summed E-state index contributed by atoms with van der Waals surface area (Å²) in [5, 5.41) is 26.8. The number of ether oxygens (including phenoxy) is 2. The second-order valence-corrected chi connectivity index (χ2v) is 8.05. The molecule has 2 aromatic heterocycles.